The summed E-state index contributed by atoms with van der Waals surface area (Å²) < 4.78 is 6.39. The van der Waals surface area contributed by atoms with Crippen molar-refractivity contribution < 1.29 is 24.2 Å². The summed E-state index contributed by atoms with van der Waals surface area (Å²) in [6.07, 6.45) is 0.708. The number of fused-ring (bicyclic) bond motifs is 9. The fourth-order valence-electron chi connectivity index (χ4n) is 7.74. The molecule has 7 rings (SSSR count). The lowest BCUT2D eigenvalue weighted by Gasteiger charge is -2.43. The van der Waals surface area contributed by atoms with Gasteiger partial charge in [0.25, 0.3) is 0 Å². The third-order valence-corrected chi connectivity index (χ3v) is 12.1. The van der Waals surface area contributed by atoms with Crippen molar-refractivity contribution in [2.45, 2.75) is 49.1 Å². The quantitative estimate of drug-likeness (QED) is 0.380. The van der Waals surface area contributed by atoms with Crippen molar-refractivity contribution >= 4 is 52.5 Å². The molecule has 8 nitrogen and oxygen atoms in total. The molecule has 3 fully saturated rings. The van der Waals surface area contributed by atoms with E-state index in [9.17, 15) is 24.3 Å². The van der Waals surface area contributed by atoms with E-state index in [4.69, 9.17) is 16.3 Å². The van der Waals surface area contributed by atoms with Gasteiger partial charge in [0.15, 0.2) is 0 Å². The number of hydrogen-bond donors (Lipinski definition) is 2. The molecular formula is C30H27ClN2O6S2. The average molecular weight is 611 g/mol. The number of thiazole rings is 1. The van der Waals surface area contributed by atoms with Gasteiger partial charge in [-0.15, -0.1) is 11.8 Å². The summed E-state index contributed by atoms with van der Waals surface area (Å²) in [5, 5.41) is 10.9. The first-order valence-electron chi connectivity index (χ1n) is 13.6. The highest BCUT2D eigenvalue weighted by atomic mass is 35.5. The molecule has 0 radical (unpaired) electrons. The molecule has 2 bridgehead atoms. The number of aliphatic carboxylic acids is 1. The molecule has 2 aliphatic carbocycles. The standard InChI is InChI=1S/C30H27ClN2O6S2/c1-12-4-3-5-14(8-12)11-39-19-7-6-15(31)9-16(19)20-21-17-10-18(24(21)40-26-25(20)41-30(38)32-26)23-22(17)27(34)33(28(23)35)13(2)29(36)37/h3-9,13,17-18,20-24H,10-11H2,1-2H3,(H,32,38)(H,36,37)/t13?,17?,18?,20-,21?,22?,23?,24?/m1/s1. The average Bonchev–Trinajstić information content (AvgIpc) is 3.66. The van der Waals surface area contributed by atoms with Crippen molar-refractivity contribution in [3.8, 4) is 5.75 Å². The van der Waals surface area contributed by atoms with Crippen LogP contribution in [0.4, 0.5) is 0 Å². The Morgan fingerprint density at radius 3 is 2.63 bits per heavy atom. The molecule has 8 atom stereocenters. The number of rotatable bonds is 6. The van der Waals surface area contributed by atoms with Crippen LogP contribution >= 0.6 is 34.7 Å². The Morgan fingerprint density at radius 2 is 1.90 bits per heavy atom. The maximum absolute atomic E-state index is 13.6. The van der Waals surface area contributed by atoms with Crippen molar-refractivity contribution in [1.29, 1.82) is 0 Å². The third kappa shape index (κ3) is 4.09. The van der Waals surface area contributed by atoms with Crippen LogP contribution in [0.3, 0.4) is 0 Å². The number of thioether (sulfide) groups is 1. The monoisotopic (exact) mass is 610 g/mol. The maximum Gasteiger partial charge on any atom is 0.326 e. The minimum atomic E-state index is -1.21. The number of carbonyl (C=O) groups is 3. The summed E-state index contributed by atoms with van der Waals surface area (Å²) in [6.45, 7) is 3.77. The lowest BCUT2D eigenvalue weighted by Crippen LogP contribution is -2.44. The summed E-state index contributed by atoms with van der Waals surface area (Å²) >= 11 is 9.30. The molecule has 11 heteroatoms. The fourth-order valence-corrected chi connectivity index (χ4v) is 10.8. The number of aromatic nitrogens is 1. The van der Waals surface area contributed by atoms with Gasteiger partial charge in [0.2, 0.25) is 11.8 Å². The number of amides is 2. The van der Waals surface area contributed by atoms with Gasteiger partial charge in [-0.25, -0.2) is 4.79 Å². The van der Waals surface area contributed by atoms with E-state index in [1.807, 2.05) is 37.3 Å². The summed E-state index contributed by atoms with van der Waals surface area (Å²) in [5.74, 6) is -2.96. The number of imide groups is 1. The molecule has 3 heterocycles. The summed E-state index contributed by atoms with van der Waals surface area (Å²) in [5.41, 5.74) is 3.02. The smallest absolute Gasteiger partial charge is 0.326 e. The Bertz CT molecular complexity index is 1670. The normalized spacial score (nSPS) is 30.2. The number of nitrogens with zero attached hydrogens (tertiary/aromatic N) is 1. The van der Waals surface area contributed by atoms with E-state index in [-0.39, 0.29) is 45.6 Å². The number of H-pyrrole nitrogens is 1. The molecule has 2 saturated carbocycles. The first kappa shape index (κ1) is 26.8. The van der Waals surface area contributed by atoms with Crippen LogP contribution in [0.25, 0.3) is 0 Å². The lowest BCUT2D eigenvalue weighted by molar-refractivity contribution is -0.154. The Hall–Kier alpha value is -3.08. The van der Waals surface area contributed by atoms with Crippen molar-refractivity contribution in [2.24, 2.45) is 29.6 Å². The van der Waals surface area contributed by atoms with E-state index in [0.29, 0.717) is 23.8 Å². The number of ether oxygens (including phenoxy) is 1. The van der Waals surface area contributed by atoms with Crippen LogP contribution in [0.1, 0.15) is 40.8 Å². The predicted octanol–water partition coefficient (Wildman–Crippen LogP) is 4.92. The lowest BCUT2D eigenvalue weighted by atomic mass is 9.68. The molecule has 212 valence electrons. The zero-order valence-electron chi connectivity index (χ0n) is 22.2. The highest BCUT2D eigenvalue weighted by molar-refractivity contribution is 8.00. The molecule has 4 aliphatic rings. The van der Waals surface area contributed by atoms with E-state index in [0.717, 1.165) is 31.5 Å². The number of benzene rings is 2. The molecule has 1 aromatic heterocycles. The van der Waals surface area contributed by atoms with Crippen molar-refractivity contribution in [3.05, 3.63) is 78.7 Å². The van der Waals surface area contributed by atoms with E-state index < -0.39 is 23.8 Å². The molecule has 0 spiro atoms. The second-order valence-corrected chi connectivity index (χ2v) is 14.1. The second kappa shape index (κ2) is 9.74. The molecule has 1 saturated heterocycles. The second-order valence-electron chi connectivity index (χ2n) is 11.5. The maximum atomic E-state index is 13.6. The van der Waals surface area contributed by atoms with Gasteiger partial charge in [0.1, 0.15) is 18.4 Å². The van der Waals surface area contributed by atoms with E-state index in [1.54, 1.807) is 17.8 Å². The molecule has 3 aromatic rings. The van der Waals surface area contributed by atoms with Crippen LogP contribution in [0.15, 0.2) is 52.3 Å². The molecule has 41 heavy (non-hydrogen) atoms. The Morgan fingerprint density at radius 1 is 1.15 bits per heavy atom. The van der Waals surface area contributed by atoms with Crippen LogP contribution in [-0.2, 0) is 21.0 Å². The van der Waals surface area contributed by atoms with Crippen molar-refractivity contribution in [3.63, 3.8) is 0 Å². The van der Waals surface area contributed by atoms with Crippen LogP contribution in [0.5, 0.6) is 5.75 Å². The molecule has 2 aliphatic heterocycles. The zero-order chi connectivity index (χ0) is 28.7. The van der Waals surface area contributed by atoms with E-state index >= 15 is 0 Å². The van der Waals surface area contributed by atoms with Gasteiger partial charge in [-0.05, 0) is 61.8 Å². The van der Waals surface area contributed by atoms with Gasteiger partial charge >= 0.3 is 10.8 Å². The number of carbonyl (C=O) groups excluding carboxylic acids is 2. The molecule has 2 aromatic carbocycles. The number of halogens is 1. The van der Waals surface area contributed by atoms with Gasteiger partial charge in [-0.2, -0.15) is 0 Å². The minimum absolute atomic E-state index is 0.0237. The summed E-state index contributed by atoms with van der Waals surface area (Å²) in [6, 6.07) is 12.4. The van der Waals surface area contributed by atoms with Crippen LogP contribution in [0, 0.1) is 36.5 Å². The molecule has 7 unspecified atom stereocenters. The number of carboxylic acid groups (broad SMARTS) is 1. The van der Waals surface area contributed by atoms with Crippen molar-refractivity contribution in [1.82, 2.24) is 9.88 Å². The first-order valence-corrected chi connectivity index (χ1v) is 15.7. The number of aromatic amines is 1. The first-order chi connectivity index (χ1) is 19.6. The summed E-state index contributed by atoms with van der Waals surface area (Å²) in [4.78, 5) is 56.2. The molecule has 2 amide bonds. The largest absolute Gasteiger partial charge is 0.489 e. The Kier molecular flexibility index (Phi) is 6.37. The fraction of sp³-hybridized carbons (Fsp3) is 0.400. The SMILES string of the molecule is Cc1cccc(COc2ccc(Cl)cc2[C@H]2c3sc(=O)[nH]c3SC3C4CC(C5C(=O)N(C(C)C(=O)O)C(=O)C45)C32)c1. The van der Waals surface area contributed by atoms with Gasteiger partial charge in [0, 0.05) is 26.6 Å². The van der Waals surface area contributed by atoms with Crippen LogP contribution in [0.2, 0.25) is 5.02 Å². The number of aryl methyl sites for hydroxylation is 1. The number of hydrogen-bond acceptors (Lipinski definition) is 7. The number of likely N-dealkylation sites (tertiary alicyclic amines) is 1. The van der Waals surface area contributed by atoms with E-state index in [2.05, 4.69) is 11.1 Å². The number of carboxylic acids is 1. The van der Waals surface area contributed by atoms with Crippen molar-refractivity contribution in [2.75, 3.05) is 0 Å². The Labute approximate surface area is 249 Å². The van der Waals surface area contributed by atoms with Crippen LogP contribution < -0.4 is 9.61 Å². The van der Waals surface area contributed by atoms with Gasteiger partial charge in [0.05, 0.1) is 16.9 Å². The van der Waals surface area contributed by atoms with Gasteiger partial charge < -0.3 is 14.8 Å². The Balaban J connectivity index is 1.30. The van der Waals surface area contributed by atoms with E-state index in [1.165, 1.54) is 18.3 Å². The minimum Gasteiger partial charge on any atom is -0.489 e. The zero-order valence-corrected chi connectivity index (χ0v) is 24.6. The highest BCUT2D eigenvalue weighted by Crippen LogP contribution is 2.69. The predicted molar refractivity (Wildman–Crippen MR) is 154 cm³/mol. The highest BCUT2D eigenvalue weighted by Gasteiger charge is 2.70. The molecular weight excluding hydrogens is 584 g/mol. The van der Waals surface area contributed by atoms with Gasteiger partial charge in [-0.3, -0.25) is 19.3 Å². The number of nitrogens with one attached hydrogen (secondary N) is 1. The van der Waals surface area contributed by atoms with Gasteiger partial charge in [-0.1, -0.05) is 52.8 Å². The topological polar surface area (TPSA) is 117 Å². The van der Waals surface area contributed by atoms with Crippen LogP contribution in [-0.4, -0.2) is 44.1 Å². The summed E-state index contributed by atoms with van der Waals surface area (Å²) in [7, 11) is 0. The molecule has 2 N–H and O–H groups in total. The third-order valence-electron chi connectivity index (χ3n) is 9.29.